The molecule has 5 nitrogen and oxygen atoms in total. The van der Waals surface area contributed by atoms with Crippen LogP contribution in [0.1, 0.15) is 26.3 Å². The molecule has 0 bridgehead atoms. The summed E-state index contributed by atoms with van der Waals surface area (Å²) in [6.07, 6.45) is 1.48. The first-order chi connectivity index (χ1) is 10.5. The molecule has 0 unspecified atom stereocenters. The van der Waals surface area contributed by atoms with Crippen LogP contribution < -0.4 is 0 Å². The second-order valence-corrected chi connectivity index (χ2v) is 6.95. The van der Waals surface area contributed by atoms with Gasteiger partial charge in [-0.2, -0.15) is 0 Å². The fourth-order valence-corrected chi connectivity index (χ4v) is 3.73. The Balaban J connectivity index is 3.37. The Morgan fingerprint density at radius 2 is 1.73 bits per heavy atom. The minimum absolute atomic E-state index is 0.107. The third kappa shape index (κ3) is 5.06. The molecule has 22 heavy (non-hydrogen) atoms. The molecule has 1 rings (SSSR count). The van der Waals surface area contributed by atoms with Crippen molar-refractivity contribution in [1.29, 1.82) is 0 Å². The van der Waals surface area contributed by atoms with Gasteiger partial charge >= 0.3 is 13.6 Å². The van der Waals surface area contributed by atoms with Crippen molar-refractivity contribution in [3.05, 3.63) is 39.6 Å². The molecule has 0 radical (unpaired) electrons. The van der Waals surface area contributed by atoms with Gasteiger partial charge in [0, 0.05) is 4.47 Å². The zero-order valence-electron chi connectivity index (χ0n) is 12.9. The van der Waals surface area contributed by atoms with E-state index in [2.05, 4.69) is 15.9 Å². The third-order valence-corrected chi connectivity index (χ3v) is 5.40. The molecule has 0 heterocycles. The molecule has 0 aliphatic heterocycles. The van der Waals surface area contributed by atoms with Gasteiger partial charge in [0.25, 0.3) is 0 Å². The first kappa shape index (κ1) is 19.1. The van der Waals surface area contributed by atoms with Crippen LogP contribution in [0.15, 0.2) is 34.1 Å². The normalized spacial score (nSPS) is 12.3. The van der Waals surface area contributed by atoms with Crippen LogP contribution in [0.4, 0.5) is 0 Å². The highest BCUT2D eigenvalue weighted by Gasteiger charge is 2.36. The summed E-state index contributed by atoms with van der Waals surface area (Å²) in [6.45, 7) is 5.54. The lowest BCUT2D eigenvalue weighted by Gasteiger charge is -2.19. The molecule has 1 aromatic rings. The van der Waals surface area contributed by atoms with Gasteiger partial charge in [-0.25, -0.2) is 4.79 Å². The molecule has 0 fully saturated rings. The van der Waals surface area contributed by atoms with Gasteiger partial charge in [-0.05, 0) is 38.5 Å². The number of carbonyl (C=O) groups excluding carboxylic acids is 1. The summed E-state index contributed by atoms with van der Waals surface area (Å²) in [5.74, 6) is -0.705. The van der Waals surface area contributed by atoms with E-state index in [-0.39, 0.29) is 25.1 Å². The van der Waals surface area contributed by atoms with Crippen molar-refractivity contribution in [1.82, 2.24) is 0 Å². The van der Waals surface area contributed by atoms with Gasteiger partial charge in [-0.1, -0.05) is 34.1 Å². The van der Waals surface area contributed by atoms with Gasteiger partial charge in [0.05, 0.1) is 19.8 Å². The summed E-state index contributed by atoms with van der Waals surface area (Å²) < 4.78 is 29.2. The predicted molar refractivity (Wildman–Crippen MR) is 89.6 cm³/mol. The fourth-order valence-electron chi connectivity index (χ4n) is 1.71. The van der Waals surface area contributed by atoms with E-state index in [1.54, 1.807) is 26.8 Å². The lowest BCUT2D eigenvalue weighted by atomic mass is 10.2. The zero-order valence-corrected chi connectivity index (χ0v) is 15.4. The molecule has 122 valence electrons. The maximum Gasteiger partial charge on any atom is 0.368 e. The lowest BCUT2D eigenvalue weighted by Crippen LogP contribution is -2.11. The van der Waals surface area contributed by atoms with Crippen LogP contribution in [0.25, 0.3) is 6.08 Å². The number of esters is 1. The summed E-state index contributed by atoms with van der Waals surface area (Å²) in [6, 6.07) is 7.26. The van der Waals surface area contributed by atoms with Crippen molar-refractivity contribution in [3.63, 3.8) is 0 Å². The molecule has 0 atom stereocenters. The number of benzene rings is 1. The van der Waals surface area contributed by atoms with E-state index in [1.165, 1.54) is 6.08 Å². The van der Waals surface area contributed by atoms with Crippen molar-refractivity contribution < 1.29 is 23.1 Å². The summed E-state index contributed by atoms with van der Waals surface area (Å²) in [5, 5.41) is -0.107. The molecule has 0 spiro atoms. The number of hydrogen-bond acceptors (Lipinski definition) is 5. The maximum atomic E-state index is 12.9. The summed E-state index contributed by atoms with van der Waals surface area (Å²) >= 11 is 3.39. The Morgan fingerprint density at radius 3 is 2.23 bits per heavy atom. The molecule has 0 aliphatic carbocycles. The predicted octanol–water partition coefficient (Wildman–Crippen LogP) is 4.62. The molecule has 0 saturated heterocycles. The number of hydrogen-bond donors (Lipinski definition) is 0. The average Bonchev–Trinajstić information content (AvgIpc) is 2.47. The lowest BCUT2D eigenvalue weighted by molar-refractivity contribution is -0.137. The summed E-state index contributed by atoms with van der Waals surface area (Å²) in [4.78, 5) is 12.2. The monoisotopic (exact) mass is 390 g/mol. The van der Waals surface area contributed by atoms with Crippen molar-refractivity contribution in [2.24, 2.45) is 0 Å². The highest BCUT2D eigenvalue weighted by atomic mass is 79.9. The number of ether oxygens (including phenoxy) is 1. The molecule has 0 saturated carbocycles. The van der Waals surface area contributed by atoms with Crippen molar-refractivity contribution in [2.75, 3.05) is 19.8 Å². The Morgan fingerprint density at radius 1 is 1.14 bits per heavy atom. The molecule has 0 N–H and O–H groups in total. The molecular formula is C15H20BrO5P. The van der Waals surface area contributed by atoms with E-state index in [0.717, 1.165) is 4.47 Å². The third-order valence-electron chi connectivity index (χ3n) is 2.58. The van der Waals surface area contributed by atoms with Gasteiger partial charge in [0.15, 0.2) is 0 Å². The van der Waals surface area contributed by atoms with Gasteiger partial charge in [-0.3, -0.25) is 4.57 Å². The van der Waals surface area contributed by atoms with Crippen LogP contribution in [-0.2, 0) is 23.1 Å². The van der Waals surface area contributed by atoms with Crippen molar-refractivity contribution >= 4 is 35.6 Å². The van der Waals surface area contributed by atoms with Crippen molar-refractivity contribution in [3.8, 4) is 0 Å². The van der Waals surface area contributed by atoms with Crippen LogP contribution in [0, 0.1) is 0 Å². The van der Waals surface area contributed by atoms with Gasteiger partial charge < -0.3 is 13.8 Å². The molecule has 0 aromatic heterocycles. The summed E-state index contributed by atoms with van der Waals surface area (Å²) in [7, 11) is -3.73. The average molecular weight is 391 g/mol. The van der Waals surface area contributed by atoms with Gasteiger partial charge in [-0.15, -0.1) is 0 Å². The van der Waals surface area contributed by atoms with Crippen molar-refractivity contribution in [2.45, 2.75) is 20.8 Å². The molecule has 1 aromatic carbocycles. The highest BCUT2D eigenvalue weighted by molar-refractivity contribution is 9.10. The SMILES string of the molecule is CCOC(=O)/C(=C/c1ccccc1Br)P(=O)(OCC)OCC. The van der Waals surface area contributed by atoms with E-state index in [0.29, 0.717) is 5.56 Å². The second-order valence-electron chi connectivity index (χ2n) is 4.10. The molecular weight excluding hydrogens is 371 g/mol. The molecule has 7 heteroatoms. The minimum atomic E-state index is -3.73. The first-order valence-electron chi connectivity index (χ1n) is 7.01. The Kier molecular flexibility index (Phi) is 8.04. The van der Waals surface area contributed by atoms with E-state index in [1.807, 2.05) is 18.2 Å². The van der Waals surface area contributed by atoms with E-state index in [4.69, 9.17) is 13.8 Å². The number of halogens is 1. The van der Waals surface area contributed by atoms with E-state index in [9.17, 15) is 9.36 Å². The van der Waals surface area contributed by atoms with Crippen LogP contribution in [-0.4, -0.2) is 25.8 Å². The van der Waals surface area contributed by atoms with Crippen LogP contribution in [0.5, 0.6) is 0 Å². The fraction of sp³-hybridized carbons (Fsp3) is 0.400. The topological polar surface area (TPSA) is 61.8 Å². The largest absolute Gasteiger partial charge is 0.462 e. The maximum absolute atomic E-state index is 12.9. The van der Waals surface area contributed by atoms with Gasteiger partial charge in [0.2, 0.25) is 0 Å². The summed E-state index contributed by atoms with van der Waals surface area (Å²) in [5.41, 5.74) is 0.685. The Bertz CT molecular complexity index is 575. The van der Waals surface area contributed by atoms with Crippen LogP contribution >= 0.6 is 23.5 Å². The number of rotatable bonds is 8. The van der Waals surface area contributed by atoms with E-state index >= 15 is 0 Å². The number of carbonyl (C=O) groups is 1. The molecule has 0 aliphatic rings. The second kappa shape index (κ2) is 9.26. The minimum Gasteiger partial charge on any atom is -0.462 e. The zero-order chi connectivity index (χ0) is 16.6. The van der Waals surface area contributed by atoms with E-state index < -0.39 is 13.6 Å². The van der Waals surface area contributed by atoms with Crippen LogP contribution in [0.3, 0.4) is 0 Å². The van der Waals surface area contributed by atoms with Crippen LogP contribution in [0.2, 0.25) is 0 Å². The quantitative estimate of drug-likeness (QED) is 0.368. The highest BCUT2D eigenvalue weighted by Crippen LogP contribution is 2.57. The first-order valence-corrected chi connectivity index (χ1v) is 9.35. The Labute approximate surface area is 139 Å². The smallest absolute Gasteiger partial charge is 0.368 e. The van der Waals surface area contributed by atoms with Gasteiger partial charge in [0.1, 0.15) is 5.31 Å². The Hall–Kier alpha value is -0.940. The molecule has 0 amide bonds. The standard InChI is InChI=1S/C15H20BrO5P/c1-4-19-15(17)14(22(18,20-5-2)21-6-3)11-12-9-7-8-10-13(12)16/h7-11H,4-6H2,1-3H3/b14-11-.